The molecule has 4 aromatic rings. The molecular formula is C22H21N5O4. The quantitative estimate of drug-likeness (QED) is 0.490. The smallest absolute Gasteiger partial charge is 0.338 e. The number of aryl methyl sites for hydroxylation is 2. The van der Waals surface area contributed by atoms with E-state index in [1.165, 1.54) is 0 Å². The van der Waals surface area contributed by atoms with E-state index in [-0.39, 0.29) is 17.7 Å². The molecule has 0 bridgehead atoms. The highest BCUT2D eigenvalue weighted by Gasteiger charge is 2.20. The van der Waals surface area contributed by atoms with E-state index >= 15 is 0 Å². The summed E-state index contributed by atoms with van der Waals surface area (Å²) in [4.78, 5) is 29.6. The van der Waals surface area contributed by atoms with Crippen LogP contribution in [0.4, 0.5) is 5.69 Å². The summed E-state index contributed by atoms with van der Waals surface area (Å²) in [6.45, 7) is 5.33. The predicted octanol–water partition coefficient (Wildman–Crippen LogP) is 3.75. The fourth-order valence-corrected chi connectivity index (χ4v) is 3.15. The van der Waals surface area contributed by atoms with Crippen molar-refractivity contribution >= 4 is 28.7 Å². The Bertz CT molecular complexity index is 1270. The highest BCUT2D eigenvalue weighted by molar-refractivity contribution is 6.13. The number of fused-ring (bicyclic) bond motifs is 1. The minimum atomic E-state index is -0.412. The monoisotopic (exact) mass is 419 g/mol. The van der Waals surface area contributed by atoms with Crippen molar-refractivity contribution in [2.75, 3.05) is 5.32 Å². The number of carbonyl (C=O) groups is 2. The Balaban J connectivity index is 1.64. The minimum absolute atomic E-state index is 0.207. The van der Waals surface area contributed by atoms with Gasteiger partial charge in [-0.3, -0.25) is 9.48 Å². The standard InChI is InChI=1S/C22H21N5O4/c1-12(2)30-22(29)14-5-7-16(8-6-14)24-20(28)17-9-18(15-10-23-27(4)11-15)25-21-19(17)13(3)26-31-21/h5-12H,1-4H3,(H,24,28). The van der Waals surface area contributed by atoms with Crippen molar-refractivity contribution in [3.8, 4) is 11.3 Å². The number of aromatic nitrogens is 4. The van der Waals surface area contributed by atoms with Crippen molar-refractivity contribution in [3.63, 3.8) is 0 Å². The van der Waals surface area contributed by atoms with Crippen LogP contribution >= 0.6 is 0 Å². The van der Waals surface area contributed by atoms with Gasteiger partial charge in [-0.1, -0.05) is 5.16 Å². The number of hydrogen-bond acceptors (Lipinski definition) is 7. The maximum atomic E-state index is 13.1. The molecule has 0 saturated carbocycles. The molecule has 0 aliphatic carbocycles. The van der Waals surface area contributed by atoms with Gasteiger partial charge in [0.05, 0.1) is 40.2 Å². The molecule has 3 aromatic heterocycles. The average Bonchev–Trinajstić information content (AvgIpc) is 3.33. The topological polar surface area (TPSA) is 112 Å². The van der Waals surface area contributed by atoms with Gasteiger partial charge in [-0.2, -0.15) is 5.10 Å². The number of carbonyl (C=O) groups excluding carboxylic acids is 2. The van der Waals surface area contributed by atoms with Crippen molar-refractivity contribution in [2.24, 2.45) is 7.05 Å². The molecule has 0 radical (unpaired) electrons. The van der Waals surface area contributed by atoms with E-state index < -0.39 is 5.97 Å². The number of nitrogens with one attached hydrogen (secondary N) is 1. The van der Waals surface area contributed by atoms with Crippen LogP contribution in [0.1, 0.15) is 40.3 Å². The number of amides is 1. The minimum Gasteiger partial charge on any atom is -0.459 e. The molecule has 31 heavy (non-hydrogen) atoms. The van der Waals surface area contributed by atoms with E-state index in [4.69, 9.17) is 9.26 Å². The van der Waals surface area contributed by atoms with Gasteiger partial charge in [0, 0.05) is 24.5 Å². The van der Waals surface area contributed by atoms with Crippen LogP contribution in [-0.2, 0) is 11.8 Å². The zero-order valence-corrected chi connectivity index (χ0v) is 17.5. The van der Waals surface area contributed by atoms with Gasteiger partial charge in [0.15, 0.2) is 0 Å². The molecule has 0 atom stereocenters. The molecule has 1 N–H and O–H groups in total. The van der Waals surface area contributed by atoms with Crippen LogP contribution < -0.4 is 5.32 Å². The first-order valence-electron chi connectivity index (χ1n) is 9.70. The summed E-state index contributed by atoms with van der Waals surface area (Å²) in [5.41, 5.74) is 3.47. The summed E-state index contributed by atoms with van der Waals surface area (Å²) in [5.74, 6) is -0.758. The second-order valence-corrected chi connectivity index (χ2v) is 7.39. The average molecular weight is 419 g/mol. The molecule has 3 heterocycles. The lowest BCUT2D eigenvalue weighted by Gasteiger charge is -2.10. The number of rotatable bonds is 5. The van der Waals surface area contributed by atoms with E-state index in [2.05, 4.69) is 20.6 Å². The van der Waals surface area contributed by atoms with Gasteiger partial charge in [-0.05, 0) is 51.1 Å². The normalized spacial score (nSPS) is 11.1. The molecule has 0 spiro atoms. The number of anilines is 1. The molecule has 9 nitrogen and oxygen atoms in total. The highest BCUT2D eigenvalue weighted by atomic mass is 16.5. The van der Waals surface area contributed by atoms with Gasteiger partial charge < -0.3 is 14.6 Å². The second-order valence-electron chi connectivity index (χ2n) is 7.39. The number of benzene rings is 1. The second kappa shape index (κ2) is 8.02. The van der Waals surface area contributed by atoms with Gasteiger partial charge in [-0.25, -0.2) is 9.78 Å². The fraction of sp³-hybridized carbons (Fsp3) is 0.227. The highest BCUT2D eigenvalue weighted by Crippen LogP contribution is 2.27. The molecule has 0 aliphatic heterocycles. The zero-order valence-electron chi connectivity index (χ0n) is 17.5. The van der Waals surface area contributed by atoms with Gasteiger partial charge >= 0.3 is 5.97 Å². The molecule has 0 unspecified atom stereocenters. The predicted molar refractivity (Wildman–Crippen MR) is 114 cm³/mol. The third kappa shape index (κ3) is 4.16. The number of nitrogens with zero attached hydrogens (tertiary/aromatic N) is 4. The SMILES string of the molecule is Cc1noc2nc(-c3cnn(C)c3)cc(C(=O)Nc3ccc(C(=O)OC(C)C)cc3)c12. The Hall–Kier alpha value is -4.01. The van der Waals surface area contributed by atoms with Gasteiger partial charge in [0.25, 0.3) is 11.6 Å². The van der Waals surface area contributed by atoms with Crippen molar-refractivity contribution in [3.05, 3.63) is 59.5 Å². The Labute approximate surface area is 178 Å². The summed E-state index contributed by atoms with van der Waals surface area (Å²) >= 11 is 0. The third-order valence-electron chi connectivity index (χ3n) is 4.58. The molecule has 0 saturated heterocycles. The van der Waals surface area contributed by atoms with E-state index in [0.29, 0.717) is 33.6 Å². The first-order chi connectivity index (χ1) is 14.8. The van der Waals surface area contributed by atoms with Crippen molar-refractivity contribution < 1.29 is 18.8 Å². The molecule has 4 rings (SSSR count). The van der Waals surface area contributed by atoms with Crippen LogP contribution in [0.3, 0.4) is 0 Å². The number of hydrogen-bond donors (Lipinski definition) is 1. The van der Waals surface area contributed by atoms with Crippen molar-refractivity contribution in [1.82, 2.24) is 19.9 Å². The molecular weight excluding hydrogens is 398 g/mol. The summed E-state index contributed by atoms with van der Waals surface area (Å²) in [6, 6.07) is 8.20. The van der Waals surface area contributed by atoms with Crippen LogP contribution in [-0.4, -0.2) is 37.9 Å². The Morgan fingerprint density at radius 1 is 1.19 bits per heavy atom. The van der Waals surface area contributed by atoms with Gasteiger partial charge in [-0.15, -0.1) is 0 Å². The van der Waals surface area contributed by atoms with Crippen LogP contribution in [0.5, 0.6) is 0 Å². The van der Waals surface area contributed by atoms with Gasteiger partial charge in [0.1, 0.15) is 0 Å². The van der Waals surface area contributed by atoms with Gasteiger partial charge in [0.2, 0.25) is 0 Å². The van der Waals surface area contributed by atoms with E-state index in [1.54, 1.807) is 75.2 Å². The number of pyridine rings is 1. The first-order valence-corrected chi connectivity index (χ1v) is 9.70. The van der Waals surface area contributed by atoms with Crippen LogP contribution in [0, 0.1) is 6.92 Å². The number of esters is 1. The van der Waals surface area contributed by atoms with Crippen LogP contribution in [0.15, 0.2) is 47.2 Å². The molecule has 0 aliphatic rings. The van der Waals surface area contributed by atoms with Crippen molar-refractivity contribution in [1.29, 1.82) is 0 Å². The fourth-order valence-electron chi connectivity index (χ4n) is 3.15. The lowest BCUT2D eigenvalue weighted by Crippen LogP contribution is -2.14. The van der Waals surface area contributed by atoms with E-state index in [1.807, 2.05) is 0 Å². The summed E-state index contributed by atoms with van der Waals surface area (Å²) in [6.07, 6.45) is 3.25. The first kappa shape index (κ1) is 20.3. The molecule has 158 valence electrons. The molecule has 9 heteroatoms. The number of ether oxygens (including phenoxy) is 1. The summed E-state index contributed by atoms with van der Waals surface area (Å²) in [5, 5.41) is 11.5. The van der Waals surface area contributed by atoms with Crippen LogP contribution in [0.2, 0.25) is 0 Å². The Morgan fingerprint density at radius 2 is 1.94 bits per heavy atom. The maximum absolute atomic E-state index is 13.1. The molecule has 1 amide bonds. The summed E-state index contributed by atoms with van der Waals surface area (Å²) in [7, 11) is 1.80. The van der Waals surface area contributed by atoms with Crippen molar-refractivity contribution in [2.45, 2.75) is 26.9 Å². The molecule has 1 aromatic carbocycles. The summed E-state index contributed by atoms with van der Waals surface area (Å²) < 4.78 is 12.1. The van der Waals surface area contributed by atoms with E-state index in [9.17, 15) is 9.59 Å². The van der Waals surface area contributed by atoms with E-state index in [0.717, 1.165) is 5.56 Å². The largest absolute Gasteiger partial charge is 0.459 e. The molecule has 0 fully saturated rings. The third-order valence-corrected chi connectivity index (χ3v) is 4.58. The Kier molecular flexibility index (Phi) is 5.24. The maximum Gasteiger partial charge on any atom is 0.338 e. The van der Waals surface area contributed by atoms with Crippen LogP contribution in [0.25, 0.3) is 22.4 Å². The zero-order chi connectivity index (χ0) is 22.1. The lowest BCUT2D eigenvalue weighted by atomic mass is 10.1. The lowest BCUT2D eigenvalue weighted by molar-refractivity contribution is 0.0378. The Morgan fingerprint density at radius 3 is 2.58 bits per heavy atom.